The molecule has 1 heterocycles. The first-order valence-electron chi connectivity index (χ1n) is 5.15. The van der Waals surface area contributed by atoms with Crippen molar-refractivity contribution in [3.63, 3.8) is 0 Å². The van der Waals surface area contributed by atoms with Crippen molar-refractivity contribution < 1.29 is 0 Å². The van der Waals surface area contributed by atoms with Crippen LogP contribution in [0.5, 0.6) is 0 Å². The summed E-state index contributed by atoms with van der Waals surface area (Å²) in [6.45, 7) is 6.08. The van der Waals surface area contributed by atoms with E-state index in [0.717, 1.165) is 11.3 Å². The minimum Gasteiger partial charge on any atom is -0.233 e. The first-order chi connectivity index (χ1) is 7.56. The third-order valence-electron chi connectivity index (χ3n) is 2.59. The van der Waals surface area contributed by atoms with Gasteiger partial charge in [-0.15, -0.1) is 0 Å². The zero-order valence-electron chi connectivity index (χ0n) is 9.58. The highest BCUT2D eigenvalue weighted by molar-refractivity contribution is 6.29. The summed E-state index contributed by atoms with van der Waals surface area (Å²) in [6.07, 6.45) is 0. The number of hydrogen-bond acceptors (Lipinski definition) is 2. The van der Waals surface area contributed by atoms with Gasteiger partial charge in [0.1, 0.15) is 5.15 Å². The summed E-state index contributed by atoms with van der Waals surface area (Å²) in [7, 11) is 0. The highest BCUT2D eigenvalue weighted by Gasteiger charge is 2.04. The van der Waals surface area contributed by atoms with Crippen molar-refractivity contribution in [3.05, 3.63) is 46.2 Å². The first-order valence-corrected chi connectivity index (χ1v) is 5.53. The number of aryl methyl sites for hydroxylation is 3. The van der Waals surface area contributed by atoms with E-state index in [2.05, 4.69) is 35.9 Å². The van der Waals surface area contributed by atoms with Crippen molar-refractivity contribution in [1.82, 2.24) is 9.97 Å². The number of benzene rings is 1. The first kappa shape index (κ1) is 11.1. The van der Waals surface area contributed by atoms with Crippen LogP contribution in [0.3, 0.4) is 0 Å². The maximum absolute atomic E-state index is 5.92. The van der Waals surface area contributed by atoms with Gasteiger partial charge in [0.2, 0.25) is 0 Å². The zero-order chi connectivity index (χ0) is 11.7. The normalized spacial score (nSPS) is 10.5. The lowest BCUT2D eigenvalue weighted by atomic mass is 10.1. The lowest BCUT2D eigenvalue weighted by Gasteiger charge is -2.05. The summed E-state index contributed by atoms with van der Waals surface area (Å²) in [4.78, 5) is 8.61. The lowest BCUT2D eigenvalue weighted by molar-refractivity contribution is 1.11. The predicted octanol–water partition coefficient (Wildman–Crippen LogP) is 3.72. The van der Waals surface area contributed by atoms with Crippen molar-refractivity contribution in [2.75, 3.05) is 0 Å². The molecule has 3 heteroatoms. The zero-order valence-corrected chi connectivity index (χ0v) is 10.3. The van der Waals surface area contributed by atoms with E-state index < -0.39 is 0 Å². The summed E-state index contributed by atoms with van der Waals surface area (Å²) < 4.78 is 0. The molecular weight excluding hydrogens is 220 g/mol. The quantitative estimate of drug-likeness (QED) is 0.701. The van der Waals surface area contributed by atoms with Crippen LogP contribution >= 0.6 is 11.6 Å². The van der Waals surface area contributed by atoms with Crippen LogP contribution in [0.15, 0.2) is 24.3 Å². The molecule has 0 radical (unpaired) electrons. The molecule has 0 unspecified atom stereocenters. The fourth-order valence-electron chi connectivity index (χ4n) is 1.54. The maximum Gasteiger partial charge on any atom is 0.161 e. The molecule has 0 N–H and O–H groups in total. The largest absolute Gasteiger partial charge is 0.233 e. The van der Waals surface area contributed by atoms with Crippen LogP contribution in [0, 0.1) is 20.8 Å². The predicted molar refractivity (Wildman–Crippen MR) is 66.7 cm³/mol. The maximum atomic E-state index is 5.92. The van der Waals surface area contributed by atoms with Gasteiger partial charge in [0, 0.05) is 11.3 Å². The molecule has 0 amide bonds. The Labute approximate surface area is 100 Å². The standard InChI is InChI=1S/C13H13ClN2/c1-8-4-5-11(6-9(8)2)13-15-10(3)7-12(14)16-13/h4-7H,1-3H3. The van der Waals surface area contributed by atoms with Crippen LogP contribution in [-0.2, 0) is 0 Å². The Morgan fingerprint density at radius 2 is 1.69 bits per heavy atom. The molecule has 2 aromatic rings. The van der Waals surface area contributed by atoms with Crippen molar-refractivity contribution in [3.8, 4) is 11.4 Å². The van der Waals surface area contributed by atoms with Crippen LogP contribution in [0.4, 0.5) is 0 Å². The van der Waals surface area contributed by atoms with Gasteiger partial charge in [-0.3, -0.25) is 0 Å². The molecular formula is C13H13ClN2. The molecule has 0 atom stereocenters. The van der Waals surface area contributed by atoms with Gasteiger partial charge in [0.05, 0.1) is 0 Å². The Kier molecular flexibility index (Phi) is 2.92. The molecule has 16 heavy (non-hydrogen) atoms. The molecule has 1 aromatic carbocycles. The Morgan fingerprint density at radius 1 is 0.938 bits per heavy atom. The van der Waals surface area contributed by atoms with Crippen LogP contribution in [0.25, 0.3) is 11.4 Å². The summed E-state index contributed by atoms with van der Waals surface area (Å²) in [5.41, 5.74) is 4.39. The molecule has 0 aliphatic heterocycles. The molecule has 0 aliphatic rings. The van der Waals surface area contributed by atoms with Gasteiger partial charge in [-0.05, 0) is 44.0 Å². The SMILES string of the molecule is Cc1cc(Cl)nc(-c2ccc(C)c(C)c2)n1. The minimum atomic E-state index is 0.487. The van der Waals surface area contributed by atoms with E-state index in [9.17, 15) is 0 Å². The third-order valence-corrected chi connectivity index (χ3v) is 2.78. The van der Waals surface area contributed by atoms with Crippen molar-refractivity contribution >= 4 is 11.6 Å². The number of rotatable bonds is 1. The van der Waals surface area contributed by atoms with Crippen LogP contribution < -0.4 is 0 Å². The van der Waals surface area contributed by atoms with E-state index >= 15 is 0 Å². The molecule has 2 rings (SSSR count). The third kappa shape index (κ3) is 2.22. The molecule has 0 spiro atoms. The number of halogens is 1. The van der Waals surface area contributed by atoms with Gasteiger partial charge in [0.15, 0.2) is 5.82 Å². The average molecular weight is 233 g/mol. The van der Waals surface area contributed by atoms with E-state index in [1.807, 2.05) is 13.0 Å². The molecule has 0 saturated carbocycles. The number of hydrogen-bond donors (Lipinski definition) is 0. The Morgan fingerprint density at radius 3 is 2.31 bits per heavy atom. The average Bonchev–Trinajstić information content (AvgIpc) is 2.20. The van der Waals surface area contributed by atoms with E-state index in [1.165, 1.54) is 11.1 Å². The summed E-state index contributed by atoms with van der Waals surface area (Å²) >= 11 is 5.92. The van der Waals surface area contributed by atoms with E-state index in [0.29, 0.717) is 11.0 Å². The van der Waals surface area contributed by atoms with Gasteiger partial charge < -0.3 is 0 Å². The topological polar surface area (TPSA) is 25.8 Å². The van der Waals surface area contributed by atoms with Gasteiger partial charge in [-0.2, -0.15) is 0 Å². The summed E-state index contributed by atoms with van der Waals surface area (Å²) in [5, 5.41) is 0.487. The highest BCUT2D eigenvalue weighted by Crippen LogP contribution is 2.20. The molecule has 0 fully saturated rings. The highest BCUT2D eigenvalue weighted by atomic mass is 35.5. The van der Waals surface area contributed by atoms with Crippen molar-refractivity contribution in [2.24, 2.45) is 0 Å². The van der Waals surface area contributed by atoms with Gasteiger partial charge in [0.25, 0.3) is 0 Å². The van der Waals surface area contributed by atoms with Crippen LogP contribution in [-0.4, -0.2) is 9.97 Å². The van der Waals surface area contributed by atoms with E-state index in [4.69, 9.17) is 11.6 Å². The van der Waals surface area contributed by atoms with Crippen LogP contribution in [0.2, 0.25) is 5.15 Å². The Balaban J connectivity index is 2.54. The van der Waals surface area contributed by atoms with Crippen molar-refractivity contribution in [1.29, 1.82) is 0 Å². The second-order valence-corrected chi connectivity index (χ2v) is 4.34. The van der Waals surface area contributed by atoms with Crippen molar-refractivity contribution in [2.45, 2.75) is 20.8 Å². The lowest BCUT2D eigenvalue weighted by Crippen LogP contribution is -1.93. The molecule has 0 saturated heterocycles. The summed E-state index contributed by atoms with van der Waals surface area (Å²) in [5.74, 6) is 0.688. The smallest absolute Gasteiger partial charge is 0.161 e. The second kappa shape index (κ2) is 4.22. The Bertz CT molecular complexity index is 515. The summed E-state index contributed by atoms with van der Waals surface area (Å²) in [6, 6.07) is 7.93. The monoisotopic (exact) mass is 232 g/mol. The Hall–Kier alpha value is -1.41. The molecule has 0 bridgehead atoms. The van der Waals surface area contributed by atoms with Crippen LogP contribution in [0.1, 0.15) is 16.8 Å². The fraction of sp³-hybridized carbons (Fsp3) is 0.231. The minimum absolute atomic E-state index is 0.487. The molecule has 0 aliphatic carbocycles. The van der Waals surface area contributed by atoms with E-state index in [-0.39, 0.29) is 0 Å². The fourth-order valence-corrected chi connectivity index (χ4v) is 1.78. The van der Waals surface area contributed by atoms with E-state index in [1.54, 1.807) is 6.07 Å². The number of aromatic nitrogens is 2. The van der Waals surface area contributed by atoms with Gasteiger partial charge in [-0.1, -0.05) is 23.7 Å². The number of nitrogens with zero attached hydrogens (tertiary/aromatic N) is 2. The van der Waals surface area contributed by atoms with Gasteiger partial charge in [-0.25, -0.2) is 9.97 Å². The molecule has 82 valence electrons. The second-order valence-electron chi connectivity index (χ2n) is 3.95. The molecule has 1 aromatic heterocycles. The molecule has 2 nitrogen and oxygen atoms in total. The van der Waals surface area contributed by atoms with Gasteiger partial charge >= 0.3 is 0 Å².